The van der Waals surface area contributed by atoms with Gasteiger partial charge in [0.1, 0.15) is 0 Å². The average molecular weight is 168 g/mol. The predicted octanol–water partition coefficient (Wildman–Crippen LogP) is 1.18. The molecule has 1 spiro atoms. The first-order chi connectivity index (χ1) is 5.58. The van der Waals surface area contributed by atoms with E-state index in [2.05, 4.69) is 13.8 Å². The Morgan fingerprint density at radius 2 is 2.08 bits per heavy atom. The number of aliphatic hydroxyl groups is 1. The molecule has 3 aliphatic carbocycles. The molecule has 4 atom stereocenters. The summed E-state index contributed by atoms with van der Waals surface area (Å²) in [7, 11) is 0. The van der Waals surface area contributed by atoms with Crippen molar-refractivity contribution in [3.05, 3.63) is 0 Å². The van der Waals surface area contributed by atoms with Crippen LogP contribution in [0.15, 0.2) is 0 Å². The van der Waals surface area contributed by atoms with Gasteiger partial charge in [-0.25, -0.2) is 0 Å². The number of hydrogen-bond donors (Lipinski definition) is 1. The number of rotatable bonds is 0. The fourth-order valence-electron chi connectivity index (χ4n) is 3.73. The third-order valence-corrected chi connectivity index (χ3v) is 4.47. The molecule has 1 heterocycles. The molecule has 0 aromatic heterocycles. The van der Waals surface area contributed by atoms with Crippen molar-refractivity contribution in [2.45, 2.75) is 38.4 Å². The molecule has 4 aliphatic rings. The summed E-state index contributed by atoms with van der Waals surface area (Å²) in [5, 5.41) is 9.86. The highest BCUT2D eigenvalue weighted by molar-refractivity contribution is 5.20. The van der Waals surface area contributed by atoms with Crippen LogP contribution in [0.25, 0.3) is 0 Å². The van der Waals surface area contributed by atoms with Gasteiger partial charge in [0.15, 0.2) is 0 Å². The second kappa shape index (κ2) is 1.73. The Kier molecular flexibility index (Phi) is 1.06. The summed E-state index contributed by atoms with van der Waals surface area (Å²) in [6, 6.07) is 0. The molecule has 0 radical (unpaired) electrons. The average Bonchev–Trinajstić information content (AvgIpc) is 2.68. The zero-order valence-electron chi connectivity index (χ0n) is 7.71. The summed E-state index contributed by atoms with van der Waals surface area (Å²) in [6.07, 6.45) is 2.27. The smallest absolute Gasteiger partial charge is 0.0974 e. The standard InChI is InChI=1S/C10H16O2/c1-9(2)6-3-4-10(5-12-10)8(9)7(6)11/h6-8,11H,3-5H2,1-2H3/t6-,7+,8+,10+/m0/s1. The quantitative estimate of drug-likeness (QED) is 0.551. The van der Waals surface area contributed by atoms with Gasteiger partial charge in [-0.05, 0) is 24.2 Å². The molecule has 0 amide bonds. The normalized spacial score (nSPS) is 59.8. The number of ether oxygens (including phenoxy) is 1. The van der Waals surface area contributed by atoms with Crippen molar-refractivity contribution in [2.24, 2.45) is 17.3 Å². The van der Waals surface area contributed by atoms with Crippen LogP contribution in [0, 0.1) is 17.3 Å². The van der Waals surface area contributed by atoms with Crippen molar-refractivity contribution in [1.82, 2.24) is 0 Å². The number of fused-ring (bicyclic) bond motifs is 1. The van der Waals surface area contributed by atoms with Gasteiger partial charge in [0, 0.05) is 5.92 Å². The zero-order chi connectivity index (χ0) is 8.56. The second-order valence-corrected chi connectivity index (χ2v) is 5.29. The van der Waals surface area contributed by atoms with E-state index in [0.717, 1.165) is 13.0 Å². The summed E-state index contributed by atoms with van der Waals surface area (Å²) in [5.41, 5.74) is 0.436. The van der Waals surface area contributed by atoms with Crippen molar-refractivity contribution in [2.75, 3.05) is 6.61 Å². The molecule has 3 saturated carbocycles. The third-order valence-electron chi connectivity index (χ3n) is 4.47. The van der Waals surface area contributed by atoms with Gasteiger partial charge in [0.2, 0.25) is 0 Å². The Balaban J connectivity index is 1.97. The van der Waals surface area contributed by atoms with Crippen LogP contribution in [-0.4, -0.2) is 23.4 Å². The molecular weight excluding hydrogens is 152 g/mol. The van der Waals surface area contributed by atoms with Crippen molar-refractivity contribution in [3.8, 4) is 0 Å². The lowest BCUT2D eigenvalue weighted by atomic mass is 9.43. The SMILES string of the molecule is CC1(C)[C@H]2[C@H](O)[C@@H]1CC[C@@]21CO1. The first-order valence-corrected chi connectivity index (χ1v) is 4.90. The maximum absolute atomic E-state index is 9.86. The van der Waals surface area contributed by atoms with E-state index in [1.807, 2.05) is 0 Å². The molecule has 2 nitrogen and oxygen atoms in total. The van der Waals surface area contributed by atoms with Gasteiger partial charge in [-0.3, -0.25) is 0 Å². The van der Waals surface area contributed by atoms with Crippen LogP contribution in [0.5, 0.6) is 0 Å². The van der Waals surface area contributed by atoms with Gasteiger partial charge in [-0.1, -0.05) is 13.8 Å². The van der Waals surface area contributed by atoms with Crippen LogP contribution in [0.3, 0.4) is 0 Å². The molecule has 2 heteroatoms. The summed E-state index contributed by atoms with van der Waals surface area (Å²) in [6.45, 7) is 5.44. The lowest BCUT2D eigenvalue weighted by Crippen LogP contribution is -2.66. The van der Waals surface area contributed by atoms with Crippen LogP contribution in [-0.2, 0) is 4.74 Å². The van der Waals surface area contributed by atoms with Gasteiger partial charge in [0.25, 0.3) is 0 Å². The molecule has 1 saturated heterocycles. The van der Waals surface area contributed by atoms with Gasteiger partial charge in [0.05, 0.1) is 18.3 Å². The molecule has 68 valence electrons. The molecule has 0 aromatic carbocycles. The van der Waals surface area contributed by atoms with E-state index in [-0.39, 0.29) is 11.7 Å². The van der Waals surface area contributed by atoms with Crippen LogP contribution >= 0.6 is 0 Å². The van der Waals surface area contributed by atoms with E-state index in [1.54, 1.807) is 0 Å². The monoisotopic (exact) mass is 168 g/mol. The van der Waals surface area contributed by atoms with E-state index in [0.29, 0.717) is 17.3 Å². The Hall–Kier alpha value is -0.0800. The van der Waals surface area contributed by atoms with Crippen LogP contribution in [0.1, 0.15) is 26.7 Å². The topological polar surface area (TPSA) is 32.8 Å². The Bertz CT molecular complexity index is 228. The van der Waals surface area contributed by atoms with E-state index in [9.17, 15) is 5.11 Å². The van der Waals surface area contributed by atoms with Gasteiger partial charge < -0.3 is 9.84 Å². The fourth-order valence-corrected chi connectivity index (χ4v) is 3.73. The summed E-state index contributed by atoms with van der Waals surface area (Å²) in [4.78, 5) is 0. The molecule has 12 heavy (non-hydrogen) atoms. The highest BCUT2D eigenvalue weighted by Crippen LogP contribution is 2.67. The van der Waals surface area contributed by atoms with Crippen molar-refractivity contribution in [1.29, 1.82) is 0 Å². The molecule has 0 unspecified atom stereocenters. The van der Waals surface area contributed by atoms with Gasteiger partial charge in [-0.15, -0.1) is 0 Å². The van der Waals surface area contributed by atoms with Crippen LogP contribution in [0.2, 0.25) is 0 Å². The lowest BCUT2D eigenvalue weighted by molar-refractivity contribution is -0.216. The Labute approximate surface area is 72.9 Å². The molecular formula is C10H16O2. The maximum Gasteiger partial charge on any atom is 0.0974 e. The molecule has 2 bridgehead atoms. The fraction of sp³-hybridized carbons (Fsp3) is 1.00. The van der Waals surface area contributed by atoms with Gasteiger partial charge >= 0.3 is 0 Å². The first kappa shape index (κ1) is 7.34. The van der Waals surface area contributed by atoms with Crippen LogP contribution < -0.4 is 0 Å². The highest BCUT2D eigenvalue weighted by Gasteiger charge is 2.71. The summed E-state index contributed by atoms with van der Waals surface area (Å²) >= 11 is 0. The van der Waals surface area contributed by atoms with E-state index < -0.39 is 0 Å². The molecule has 1 N–H and O–H groups in total. The van der Waals surface area contributed by atoms with E-state index >= 15 is 0 Å². The minimum Gasteiger partial charge on any atom is -0.392 e. The minimum absolute atomic E-state index is 0.0729. The summed E-state index contributed by atoms with van der Waals surface area (Å²) < 4.78 is 5.53. The minimum atomic E-state index is -0.0729. The van der Waals surface area contributed by atoms with Crippen molar-refractivity contribution < 1.29 is 9.84 Å². The lowest BCUT2D eigenvalue weighted by Gasteiger charge is -2.62. The zero-order valence-corrected chi connectivity index (χ0v) is 7.71. The number of aliphatic hydroxyl groups excluding tert-OH is 1. The third kappa shape index (κ3) is 0.579. The number of hydrogen-bond acceptors (Lipinski definition) is 2. The van der Waals surface area contributed by atoms with Crippen molar-refractivity contribution >= 4 is 0 Å². The van der Waals surface area contributed by atoms with E-state index in [1.165, 1.54) is 6.42 Å². The Morgan fingerprint density at radius 1 is 1.42 bits per heavy atom. The highest BCUT2D eigenvalue weighted by atomic mass is 16.6. The molecule has 0 aromatic rings. The van der Waals surface area contributed by atoms with E-state index in [4.69, 9.17) is 4.74 Å². The Morgan fingerprint density at radius 3 is 2.42 bits per heavy atom. The largest absolute Gasteiger partial charge is 0.392 e. The van der Waals surface area contributed by atoms with Crippen LogP contribution in [0.4, 0.5) is 0 Å². The maximum atomic E-state index is 9.86. The first-order valence-electron chi connectivity index (χ1n) is 4.90. The molecule has 4 fully saturated rings. The predicted molar refractivity (Wildman–Crippen MR) is 44.7 cm³/mol. The summed E-state index contributed by atoms with van der Waals surface area (Å²) in [5.74, 6) is 0.959. The molecule has 4 rings (SSSR count). The second-order valence-electron chi connectivity index (χ2n) is 5.29. The number of epoxide rings is 1. The molecule has 1 aliphatic heterocycles. The van der Waals surface area contributed by atoms with Gasteiger partial charge in [-0.2, -0.15) is 0 Å². The van der Waals surface area contributed by atoms with Crippen molar-refractivity contribution in [3.63, 3.8) is 0 Å².